The van der Waals surface area contributed by atoms with E-state index in [1.54, 1.807) is 0 Å². The monoisotopic (exact) mass is 1320 g/mol. The van der Waals surface area contributed by atoms with Gasteiger partial charge < -0.3 is 18.6 Å². The molecule has 0 saturated heterocycles. The quantitative estimate of drug-likeness (QED) is 0.112. The van der Waals surface area contributed by atoms with Gasteiger partial charge in [-0.3, -0.25) is 0 Å². The minimum Gasteiger partial charge on any atom is -0.456 e. The van der Waals surface area contributed by atoms with Crippen LogP contribution in [0.15, 0.2) is 349 Å². The Morgan fingerprint density at radius 2 is 0.577 bits per heavy atom. The molecule has 2 heterocycles. The third-order valence-corrected chi connectivity index (χ3v) is 23.1. The Labute approximate surface area is 594 Å². The molecule has 478 valence electrons. The van der Waals surface area contributed by atoms with E-state index in [2.05, 4.69) is 350 Å². The Kier molecular flexibility index (Phi) is 11.3. The van der Waals surface area contributed by atoms with Gasteiger partial charge in [0.15, 0.2) is 0 Å². The normalized spacial score (nSPS) is 12.4. The molecule has 2 aromatic heterocycles. The number of fused-ring (bicyclic) bond motifs is 16. The molecular weight excluding hydrogens is 1260 g/mol. The van der Waals surface area contributed by atoms with Crippen molar-refractivity contribution in [3.63, 3.8) is 0 Å². The molecule has 0 saturated carbocycles. The van der Waals surface area contributed by atoms with E-state index in [-0.39, 0.29) is 0 Å². The Morgan fingerprint density at radius 1 is 0.173 bits per heavy atom. The van der Waals surface area contributed by atoms with Gasteiger partial charge in [0.2, 0.25) is 0 Å². The molecule has 0 bridgehead atoms. The molecule has 104 heavy (non-hydrogen) atoms. The molecule has 0 N–H and O–H groups in total. The van der Waals surface area contributed by atoms with Gasteiger partial charge in [0.05, 0.1) is 11.4 Å². The summed E-state index contributed by atoms with van der Waals surface area (Å²) in [4.78, 5) is 5.10. The van der Waals surface area contributed by atoms with E-state index in [9.17, 15) is 0 Å². The van der Waals surface area contributed by atoms with Crippen LogP contribution in [0.2, 0.25) is 0 Å². The van der Waals surface area contributed by atoms with Crippen molar-refractivity contribution in [3.05, 3.63) is 340 Å². The van der Waals surface area contributed by atoms with Crippen LogP contribution in [0.5, 0.6) is 0 Å². The van der Waals surface area contributed by atoms with Gasteiger partial charge in [0.25, 0.3) is 0 Å². The fraction of sp³-hybridized carbons (Fsp3) is 0. The lowest BCUT2D eigenvalue weighted by atomic mass is 9.82. The standard InChI is InChI=1S/C100H56N2O2/c1-3-21-66(22-4-1)101(68-41-44-72-76-29-15-19-57-33-35-62-51-60-17-7-9-25-70(60)97(83(72)55-68)94(62)90(57)76)85-48-38-59-37-43-80-99-79(47-46-78(85)92(59)99)93(64-39-49-88-81(53-64)74-27-11-13-31-86(74)103-88)96(65-40-50-89-82(54-65)75-28-12-14-32-87(75)104-89)100(80)102(67-23-5-2-6-24-67)69-42-45-73-77-30-16-20-58-34-36-63-52-61-18-8-10-26-71(61)98(84(73)56-69)95(63)91(58)77/h1-56H. The number of benzene rings is 22. The van der Waals surface area contributed by atoms with E-state index in [4.69, 9.17) is 8.83 Å². The van der Waals surface area contributed by atoms with E-state index >= 15 is 0 Å². The van der Waals surface area contributed by atoms with Crippen LogP contribution < -0.4 is 9.80 Å². The summed E-state index contributed by atoms with van der Waals surface area (Å²) < 4.78 is 13.4. The molecule has 0 aliphatic rings. The Morgan fingerprint density at radius 3 is 1.16 bits per heavy atom. The molecule has 24 rings (SSSR count). The van der Waals surface area contributed by atoms with Gasteiger partial charge in [0.1, 0.15) is 22.3 Å². The fourth-order valence-corrected chi connectivity index (χ4v) is 18.8. The predicted octanol–water partition coefficient (Wildman–Crippen LogP) is 29.1. The zero-order chi connectivity index (χ0) is 67.6. The molecule has 4 heteroatoms. The highest BCUT2D eigenvalue weighted by Gasteiger charge is 2.31. The summed E-state index contributed by atoms with van der Waals surface area (Å²) in [5.41, 5.74) is 14.1. The van der Waals surface area contributed by atoms with E-state index in [1.165, 1.54) is 118 Å². The third kappa shape index (κ3) is 7.70. The van der Waals surface area contributed by atoms with E-state index in [1.807, 2.05) is 0 Å². The van der Waals surface area contributed by atoms with E-state index in [0.29, 0.717) is 0 Å². The number of hydrogen-bond donors (Lipinski definition) is 0. The van der Waals surface area contributed by atoms with Gasteiger partial charge in [0, 0.05) is 66.0 Å². The first-order chi connectivity index (χ1) is 51.6. The van der Waals surface area contributed by atoms with Crippen LogP contribution in [0.3, 0.4) is 0 Å². The lowest BCUT2D eigenvalue weighted by molar-refractivity contribution is 0.668. The van der Waals surface area contributed by atoms with E-state index in [0.717, 1.165) is 122 Å². The Bertz CT molecular complexity index is 7800. The van der Waals surface area contributed by atoms with Crippen molar-refractivity contribution in [2.24, 2.45) is 0 Å². The smallest absolute Gasteiger partial charge is 0.135 e. The fourth-order valence-electron chi connectivity index (χ4n) is 18.8. The number of para-hydroxylation sites is 4. The highest BCUT2D eigenvalue weighted by atomic mass is 16.3. The minimum atomic E-state index is 0.843. The molecule has 0 spiro atoms. The Balaban J connectivity index is 0.854. The zero-order valence-corrected chi connectivity index (χ0v) is 56.0. The predicted molar refractivity (Wildman–Crippen MR) is 442 cm³/mol. The maximum atomic E-state index is 6.72. The summed E-state index contributed by atoms with van der Waals surface area (Å²) in [6, 6.07) is 127. The summed E-state index contributed by atoms with van der Waals surface area (Å²) in [7, 11) is 0. The lowest BCUT2D eigenvalue weighted by Crippen LogP contribution is -2.13. The van der Waals surface area contributed by atoms with Crippen LogP contribution in [0.1, 0.15) is 0 Å². The molecule has 0 fully saturated rings. The summed E-state index contributed by atoms with van der Waals surface area (Å²) >= 11 is 0. The number of rotatable bonds is 8. The molecule has 0 amide bonds. The number of hydrogen-bond acceptors (Lipinski definition) is 4. The molecule has 0 aliphatic heterocycles. The van der Waals surface area contributed by atoms with Crippen molar-refractivity contribution in [2.75, 3.05) is 9.80 Å². The number of anilines is 6. The molecule has 0 unspecified atom stereocenters. The van der Waals surface area contributed by atoms with Crippen LogP contribution in [0.25, 0.3) is 206 Å². The van der Waals surface area contributed by atoms with Crippen LogP contribution in [-0.4, -0.2) is 0 Å². The van der Waals surface area contributed by atoms with Crippen molar-refractivity contribution in [2.45, 2.75) is 0 Å². The van der Waals surface area contributed by atoms with Crippen molar-refractivity contribution in [1.29, 1.82) is 0 Å². The molecule has 22 aromatic carbocycles. The number of furan rings is 2. The Hall–Kier alpha value is -13.8. The van der Waals surface area contributed by atoms with E-state index < -0.39 is 0 Å². The van der Waals surface area contributed by atoms with Gasteiger partial charge in [-0.05, 0) is 244 Å². The molecular formula is C100H56N2O2. The van der Waals surface area contributed by atoms with Gasteiger partial charge in [-0.15, -0.1) is 0 Å². The highest BCUT2D eigenvalue weighted by molar-refractivity contribution is 6.41. The van der Waals surface area contributed by atoms with Gasteiger partial charge >= 0.3 is 0 Å². The number of nitrogens with zero attached hydrogens (tertiary/aromatic N) is 2. The van der Waals surface area contributed by atoms with Gasteiger partial charge in [-0.1, -0.05) is 237 Å². The topological polar surface area (TPSA) is 32.8 Å². The van der Waals surface area contributed by atoms with Crippen molar-refractivity contribution >= 4 is 218 Å². The van der Waals surface area contributed by atoms with Crippen LogP contribution in [0.4, 0.5) is 34.1 Å². The lowest BCUT2D eigenvalue weighted by Gasteiger charge is -2.33. The molecule has 0 radical (unpaired) electrons. The minimum absolute atomic E-state index is 0.843. The summed E-state index contributed by atoms with van der Waals surface area (Å²) in [5.74, 6) is 0. The van der Waals surface area contributed by atoms with Crippen molar-refractivity contribution in [1.82, 2.24) is 0 Å². The summed E-state index contributed by atoms with van der Waals surface area (Å²) in [5, 5.41) is 36.4. The summed E-state index contributed by atoms with van der Waals surface area (Å²) in [6.45, 7) is 0. The second-order valence-corrected chi connectivity index (χ2v) is 28.4. The highest BCUT2D eigenvalue weighted by Crippen LogP contribution is 2.58. The summed E-state index contributed by atoms with van der Waals surface area (Å²) in [6.07, 6.45) is 0. The third-order valence-electron chi connectivity index (χ3n) is 23.1. The molecule has 0 aliphatic carbocycles. The maximum absolute atomic E-state index is 6.72. The molecule has 24 aromatic rings. The average molecular weight is 1320 g/mol. The molecule has 0 atom stereocenters. The SMILES string of the molecule is c1ccc(N(c2ccc3c4cccc5ccc6cc7ccccc7c(c3c2)c6c54)c2ccc3ccc4c(N(c5ccccc5)c5ccc6c7cccc8ccc9cc%10ccccc%10c(c6c5)c9c87)c(-c5ccc6oc7ccccc7c6c5)c(-c5ccc6oc7ccccc7c6c5)c5ccc2c3c54)cc1. The van der Waals surface area contributed by atoms with Crippen LogP contribution in [-0.2, 0) is 0 Å². The second-order valence-electron chi connectivity index (χ2n) is 28.4. The van der Waals surface area contributed by atoms with Crippen LogP contribution in [0, 0.1) is 0 Å². The first-order valence-electron chi connectivity index (χ1n) is 35.9. The van der Waals surface area contributed by atoms with Crippen LogP contribution >= 0.6 is 0 Å². The van der Waals surface area contributed by atoms with Crippen molar-refractivity contribution < 1.29 is 8.83 Å². The zero-order valence-electron chi connectivity index (χ0n) is 56.0. The van der Waals surface area contributed by atoms with Gasteiger partial charge in [-0.25, -0.2) is 0 Å². The molecule has 4 nitrogen and oxygen atoms in total. The second kappa shape index (κ2) is 20.9. The maximum Gasteiger partial charge on any atom is 0.135 e. The largest absolute Gasteiger partial charge is 0.456 e. The first-order valence-corrected chi connectivity index (χ1v) is 35.9. The van der Waals surface area contributed by atoms with Crippen molar-refractivity contribution in [3.8, 4) is 22.3 Å². The van der Waals surface area contributed by atoms with Gasteiger partial charge in [-0.2, -0.15) is 0 Å². The average Bonchev–Trinajstić information content (AvgIpc) is 0.880. The first kappa shape index (κ1) is 56.0.